The third-order valence-electron chi connectivity index (χ3n) is 4.40. The van der Waals surface area contributed by atoms with E-state index in [2.05, 4.69) is 9.89 Å². The summed E-state index contributed by atoms with van der Waals surface area (Å²) in [6, 6.07) is 8.70. The van der Waals surface area contributed by atoms with Crippen LogP contribution in [0.25, 0.3) is 6.08 Å². The van der Waals surface area contributed by atoms with E-state index < -0.39 is 5.97 Å². The van der Waals surface area contributed by atoms with Crippen molar-refractivity contribution in [1.82, 2.24) is 4.90 Å². The molecular formula is C20H18N2O4S2. The average molecular weight is 415 g/mol. The van der Waals surface area contributed by atoms with Crippen LogP contribution in [0.1, 0.15) is 28.1 Å². The Morgan fingerprint density at radius 3 is 2.75 bits per heavy atom. The van der Waals surface area contributed by atoms with Gasteiger partial charge in [0.25, 0.3) is 5.91 Å². The van der Waals surface area contributed by atoms with E-state index in [0.717, 1.165) is 36.7 Å². The molecule has 8 heteroatoms. The Morgan fingerprint density at radius 2 is 2.04 bits per heavy atom. The van der Waals surface area contributed by atoms with Gasteiger partial charge in [-0.2, -0.15) is 4.99 Å². The highest BCUT2D eigenvalue weighted by Gasteiger charge is 2.27. The summed E-state index contributed by atoms with van der Waals surface area (Å²) in [5.74, 6) is 0.112. The van der Waals surface area contributed by atoms with Crippen molar-refractivity contribution in [2.24, 2.45) is 4.99 Å². The molecule has 0 N–H and O–H groups in total. The van der Waals surface area contributed by atoms with Gasteiger partial charge in [-0.05, 0) is 59.8 Å². The molecule has 6 nitrogen and oxygen atoms in total. The molecule has 0 aliphatic carbocycles. The number of benzene rings is 1. The van der Waals surface area contributed by atoms with E-state index >= 15 is 0 Å². The molecule has 0 atom stereocenters. The molecule has 0 saturated carbocycles. The SMILES string of the molecule is COc1cc(/C=C2/SC(N3CCCC3)=NC2=O)ccc1OC(=O)c1cccs1. The maximum Gasteiger partial charge on any atom is 0.353 e. The lowest BCUT2D eigenvalue weighted by Gasteiger charge is -2.14. The van der Waals surface area contributed by atoms with Crippen LogP contribution in [-0.2, 0) is 4.79 Å². The monoisotopic (exact) mass is 414 g/mol. The number of hydrogen-bond donors (Lipinski definition) is 0. The van der Waals surface area contributed by atoms with E-state index in [1.165, 1.54) is 30.2 Å². The predicted octanol–water partition coefficient (Wildman–Crippen LogP) is 4.04. The van der Waals surface area contributed by atoms with E-state index in [-0.39, 0.29) is 5.91 Å². The smallest absolute Gasteiger partial charge is 0.353 e. The summed E-state index contributed by atoms with van der Waals surface area (Å²) in [4.78, 5) is 31.8. The molecule has 1 aromatic carbocycles. The third kappa shape index (κ3) is 3.98. The summed E-state index contributed by atoms with van der Waals surface area (Å²) in [6.07, 6.45) is 4.05. The fourth-order valence-electron chi connectivity index (χ4n) is 3.00. The van der Waals surface area contributed by atoms with Crippen LogP contribution in [0.2, 0.25) is 0 Å². The average Bonchev–Trinajstić information content (AvgIpc) is 3.45. The normalized spacial score (nSPS) is 17.9. The quantitative estimate of drug-likeness (QED) is 0.427. The number of methoxy groups -OCH3 is 1. The van der Waals surface area contributed by atoms with Gasteiger partial charge in [-0.15, -0.1) is 11.3 Å². The maximum absolute atomic E-state index is 12.2. The summed E-state index contributed by atoms with van der Waals surface area (Å²) in [6.45, 7) is 1.90. The van der Waals surface area contributed by atoms with E-state index in [1.807, 2.05) is 5.38 Å². The Hall–Kier alpha value is -2.58. The number of amidine groups is 1. The van der Waals surface area contributed by atoms with Crippen molar-refractivity contribution >= 4 is 46.2 Å². The predicted molar refractivity (Wildman–Crippen MR) is 111 cm³/mol. The van der Waals surface area contributed by atoms with E-state index in [1.54, 1.807) is 36.4 Å². The first-order valence-electron chi connectivity index (χ1n) is 8.85. The Balaban J connectivity index is 1.50. The Kier molecular flexibility index (Phi) is 5.50. The summed E-state index contributed by atoms with van der Waals surface area (Å²) in [7, 11) is 1.51. The molecule has 2 aromatic rings. The highest BCUT2D eigenvalue weighted by molar-refractivity contribution is 8.18. The molecule has 1 aromatic heterocycles. The van der Waals surface area contributed by atoms with Gasteiger partial charge in [0.1, 0.15) is 4.88 Å². The van der Waals surface area contributed by atoms with Crippen molar-refractivity contribution in [2.75, 3.05) is 20.2 Å². The van der Waals surface area contributed by atoms with Crippen molar-refractivity contribution in [2.45, 2.75) is 12.8 Å². The number of rotatable bonds is 4. The molecule has 3 heterocycles. The molecule has 0 unspecified atom stereocenters. The highest BCUT2D eigenvalue weighted by Crippen LogP contribution is 2.34. The van der Waals surface area contributed by atoms with Gasteiger partial charge >= 0.3 is 5.97 Å². The summed E-state index contributed by atoms with van der Waals surface area (Å²) in [5.41, 5.74) is 0.779. The van der Waals surface area contributed by atoms with Gasteiger partial charge in [0.2, 0.25) is 0 Å². The number of thiophene rings is 1. The number of hydrogen-bond acceptors (Lipinski definition) is 7. The van der Waals surface area contributed by atoms with Crippen LogP contribution in [-0.4, -0.2) is 42.1 Å². The Labute approximate surface area is 170 Å². The molecule has 1 fully saturated rings. The van der Waals surface area contributed by atoms with E-state index in [4.69, 9.17) is 9.47 Å². The van der Waals surface area contributed by atoms with Crippen LogP contribution in [0.3, 0.4) is 0 Å². The fourth-order valence-corrected chi connectivity index (χ4v) is 4.56. The second-order valence-corrected chi connectivity index (χ2v) is 8.24. The second kappa shape index (κ2) is 8.20. The molecule has 0 spiro atoms. The summed E-state index contributed by atoms with van der Waals surface area (Å²) in [5, 5.41) is 2.60. The molecule has 144 valence electrons. The molecule has 0 bridgehead atoms. The number of amides is 1. The number of carbonyl (C=O) groups is 2. The molecule has 28 heavy (non-hydrogen) atoms. The number of likely N-dealkylation sites (tertiary alicyclic amines) is 1. The lowest BCUT2D eigenvalue weighted by atomic mass is 10.2. The van der Waals surface area contributed by atoms with Crippen molar-refractivity contribution in [3.05, 3.63) is 51.1 Å². The number of esters is 1. The van der Waals surface area contributed by atoms with Crippen molar-refractivity contribution in [3.8, 4) is 11.5 Å². The van der Waals surface area contributed by atoms with Gasteiger partial charge in [-0.25, -0.2) is 4.79 Å². The number of thioether (sulfide) groups is 1. The van der Waals surface area contributed by atoms with Gasteiger partial charge in [0.05, 0.1) is 12.0 Å². The molecular weight excluding hydrogens is 396 g/mol. The van der Waals surface area contributed by atoms with Crippen LogP contribution in [0.15, 0.2) is 45.6 Å². The summed E-state index contributed by atoms with van der Waals surface area (Å²) >= 11 is 2.72. The van der Waals surface area contributed by atoms with Gasteiger partial charge in [0, 0.05) is 13.1 Å². The maximum atomic E-state index is 12.2. The largest absolute Gasteiger partial charge is 0.493 e. The number of ether oxygens (including phenoxy) is 2. The van der Waals surface area contributed by atoms with Crippen LogP contribution >= 0.6 is 23.1 Å². The minimum Gasteiger partial charge on any atom is -0.493 e. The van der Waals surface area contributed by atoms with Crippen molar-refractivity contribution in [1.29, 1.82) is 0 Å². The number of nitrogens with zero attached hydrogens (tertiary/aromatic N) is 2. The number of carbonyl (C=O) groups excluding carboxylic acids is 2. The first-order valence-corrected chi connectivity index (χ1v) is 10.5. The lowest BCUT2D eigenvalue weighted by Crippen LogP contribution is -2.23. The van der Waals surface area contributed by atoms with Crippen molar-refractivity contribution in [3.63, 3.8) is 0 Å². The molecule has 2 aliphatic heterocycles. The first-order chi connectivity index (χ1) is 13.6. The zero-order valence-corrected chi connectivity index (χ0v) is 16.8. The lowest BCUT2D eigenvalue weighted by molar-refractivity contribution is -0.113. The highest BCUT2D eigenvalue weighted by atomic mass is 32.2. The fraction of sp³-hybridized carbons (Fsp3) is 0.250. The van der Waals surface area contributed by atoms with Gasteiger partial charge in [0.15, 0.2) is 16.7 Å². The van der Waals surface area contributed by atoms with Crippen LogP contribution in [0.5, 0.6) is 11.5 Å². The standard InChI is InChI=1S/C20H18N2O4S2/c1-25-15-11-13(6-7-14(15)26-19(24)16-5-4-10-27-16)12-17-18(23)21-20(28-17)22-8-2-3-9-22/h4-7,10-12H,2-3,8-9H2,1H3/b17-12+. The zero-order chi connectivity index (χ0) is 19.5. The molecule has 0 radical (unpaired) electrons. The topological polar surface area (TPSA) is 68.2 Å². The van der Waals surface area contributed by atoms with Gasteiger partial charge in [-0.3, -0.25) is 4.79 Å². The summed E-state index contributed by atoms with van der Waals surface area (Å²) < 4.78 is 10.8. The van der Waals surface area contributed by atoms with Crippen LogP contribution < -0.4 is 9.47 Å². The van der Waals surface area contributed by atoms with Crippen molar-refractivity contribution < 1.29 is 19.1 Å². The molecule has 1 saturated heterocycles. The Bertz CT molecular complexity index is 961. The third-order valence-corrected chi connectivity index (χ3v) is 6.29. The van der Waals surface area contributed by atoms with Gasteiger partial charge in [-0.1, -0.05) is 12.1 Å². The first kappa shape index (κ1) is 18.8. The minimum atomic E-state index is -0.426. The van der Waals surface area contributed by atoms with Crippen LogP contribution in [0.4, 0.5) is 0 Å². The van der Waals surface area contributed by atoms with E-state index in [0.29, 0.717) is 21.3 Å². The molecule has 4 rings (SSSR count). The zero-order valence-electron chi connectivity index (χ0n) is 15.2. The van der Waals surface area contributed by atoms with Crippen LogP contribution in [0, 0.1) is 0 Å². The second-order valence-electron chi connectivity index (χ2n) is 6.28. The Morgan fingerprint density at radius 1 is 1.21 bits per heavy atom. The minimum absolute atomic E-state index is 0.223. The molecule has 2 aliphatic rings. The van der Waals surface area contributed by atoms with E-state index in [9.17, 15) is 9.59 Å². The number of aliphatic imine (C=N–C) groups is 1. The van der Waals surface area contributed by atoms with Gasteiger partial charge < -0.3 is 14.4 Å². The molecule has 1 amide bonds.